The maximum Gasteiger partial charge on any atom is 0.119 e. The van der Waals surface area contributed by atoms with E-state index in [-0.39, 0.29) is 5.41 Å². The SMILES string of the molecule is CC(C)(C)c1cc(C2CCCCC2)ccc1O. The van der Waals surface area contributed by atoms with Crippen molar-refractivity contribution in [3.63, 3.8) is 0 Å². The van der Waals surface area contributed by atoms with Crippen LogP contribution in [0.15, 0.2) is 18.2 Å². The number of benzene rings is 1. The largest absolute Gasteiger partial charge is 0.508 e. The van der Waals surface area contributed by atoms with E-state index in [4.69, 9.17) is 0 Å². The molecule has 0 heterocycles. The number of hydrogen-bond donors (Lipinski definition) is 1. The molecule has 1 aromatic rings. The molecule has 0 aliphatic heterocycles. The molecule has 17 heavy (non-hydrogen) atoms. The molecule has 1 aliphatic carbocycles. The van der Waals surface area contributed by atoms with Crippen molar-refractivity contribution in [3.05, 3.63) is 29.3 Å². The van der Waals surface area contributed by atoms with Crippen LogP contribution in [0.25, 0.3) is 0 Å². The molecule has 1 fully saturated rings. The molecule has 0 unspecified atom stereocenters. The van der Waals surface area contributed by atoms with Gasteiger partial charge in [0.1, 0.15) is 5.75 Å². The highest BCUT2D eigenvalue weighted by Crippen LogP contribution is 2.37. The van der Waals surface area contributed by atoms with Gasteiger partial charge in [-0.3, -0.25) is 0 Å². The Morgan fingerprint density at radius 2 is 1.71 bits per heavy atom. The quantitative estimate of drug-likeness (QED) is 0.741. The molecule has 0 saturated heterocycles. The summed E-state index contributed by atoms with van der Waals surface area (Å²) in [5.41, 5.74) is 2.53. The van der Waals surface area contributed by atoms with Crippen molar-refractivity contribution in [3.8, 4) is 5.75 Å². The zero-order valence-corrected chi connectivity index (χ0v) is 11.3. The highest BCUT2D eigenvalue weighted by molar-refractivity contribution is 5.41. The fourth-order valence-corrected chi connectivity index (χ4v) is 2.84. The van der Waals surface area contributed by atoms with E-state index in [1.54, 1.807) is 0 Å². The van der Waals surface area contributed by atoms with Gasteiger partial charge in [0.2, 0.25) is 0 Å². The number of phenolic OH excluding ortho intramolecular Hbond substituents is 1. The van der Waals surface area contributed by atoms with Gasteiger partial charge in [0, 0.05) is 0 Å². The second-order valence-electron chi connectivity index (χ2n) is 6.36. The first-order valence-corrected chi connectivity index (χ1v) is 6.82. The van der Waals surface area contributed by atoms with Gasteiger partial charge >= 0.3 is 0 Å². The van der Waals surface area contributed by atoms with Crippen LogP contribution in [0.5, 0.6) is 5.75 Å². The zero-order valence-electron chi connectivity index (χ0n) is 11.3. The Hall–Kier alpha value is -0.980. The van der Waals surface area contributed by atoms with Crippen molar-refractivity contribution >= 4 is 0 Å². The molecule has 0 radical (unpaired) electrons. The molecule has 1 N–H and O–H groups in total. The monoisotopic (exact) mass is 232 g/mol. The number of phenols is 1. The van der Waals surface area contributed by atoms with Crippen molar-refractivity contribution in [2.24, 2.45) is 0 Å². The number of aromatic hydroxyl groups is 1. The van der Waals surface area contributed by atoms with Crippen LogP contribution in [0, 0.1) is 0 Å². The van der Waals surface area contributed by atoms with E-state index in [0.717, 1.165) is 5.56 Å². The summed E-state index contributed by atoms with van der Waals surface area (Å²) in [6.07, 6.45) is 6.73. The summed E-state index contributed by atoms with van der Waals surface area (Å²) in [7, 11) is 0. The van der Waals surface area contributed by atoms with E-state index >= 15 is 0 Å². The zero-order chi connectivity index (χ0) is 12.5. The molecular weight excluding hydrogens is 208 g/mol. The lowest BCUT2D eigenvalue weighted by Crippen LogP contribution is -2.13. The lowest BCUT2D eigenvalue weighted by atomic mass is 9.80. The first kappa shape index (κ1) is 12.5. The van der Waals surface area contributed by atoms with E-state index in [1.807, 2.05) is 6.07 Å². The van der Waals surface area contributed by atoms with Gasteiger partial charge < -0.3 is 5.11 Å². The molecule has 0 aromatic heterocycles. The molecule has 0 spiro atoms. The fourth-order valence-electron chi connectivity index (χ4n) is 2.84. The maximum absolute atomic E-state index is 9.97. The van der Waals surface area contributed by atoms with Crippen molar-refractivity contribution in [2.45, 2.75) is 64.2 Å². The van der Waals surface area contributed by atoms with Crippen molar-refractivity contribution in [2.75, 3.05) is 0 Å². The van der Waals surface area contributed by atoms with Crippen LogP contribution in [0.2, 0.25) is 0 Å². The second kappa shape index (κ2) is 4.72. The Morgan fingerprint density at radius 3 is 2.29 bits per heavy atom. The van der Waals surface area contributed by atoms with Gasteiger partial charge in [-0.05, 0) is 41.4 Å². The summed E-state index contributed by atoms with van der Waals surface area (Å²) in [6.45, 7) is 6.48. The summed E-state index contributed by atoms with van der Waals surface area (Å²) in [5, 5.41) is 9.97. The van der Waals surface area contributed by atoms with Crippen LogP contribution in [0.1, 0.15) is 69.9 Å². The molecule has 1 heteroatoms. The van der Waals surface area contributed by atoms with Crippen LogP contribution in [0.4, 0.5) is 0 Å². The molecular formula is C16H24O. The lowest BCUT2D eigenvalue weighted by Gasteiger charge is -2.26. The second-order valence-corrected chi connectivity index (χ2v) is 6.36. The maximum atomic E-state index is 9.97. The Balaban J connectivity index is 2.30. The third-order valence-corrected chi connectivity index (χ3v) is 3.91. The predicted octanol–water partition coefficient (Wildman–Crippen LogP) is 4.74. The first-order chi connectivity index (χ1) is 7.98. The van der Waals surface area contributed by atoms with Gasteiger partial charge in [0.15, 0.2) is 0 Å². The Labute approximate surface area is 105 Å². The standard InChI is InChI=1S/C16H24O/c1-16(2,3)14-11-13(9-10-15(14)17)12-7-5-4-6-8-12/h9-12,17H,4-8H2,1-3H3. The minimum atomic E-state index is 0.0226. The summed E-state index contributed by atoms with van der Waals surface area (Å²) >= 11 is 0. The van der Waals surface area contributed by atoms with Crippen LogP contribution < -0.4 is 0 Å². The summed E-state index contributed by atoms with van der Waals surface area (Å²) < 4.78 is 0. The van der Waals surface area contributed by atoms with E-state index in [1.165, 1.54) is 37.7 Å². The fraction of sp³-hybridized carbons (Fsp3) is 0.625. The minimum absolute atomic E-state index is 0.0226. The normalized spacial score (nSPS) is 18.3. The van der Waals surface area contributed by atoms with Gasteiger partial charge in [-0.1, -0.05) is 52.2 Å². The molecule has 0 bridgehead atoms. The molecule has 1 aromatic carbocycles. The lowest BCUT2D eigenvalue weighted by molar-refractivity contribution is 0.433. The van der Waals surface area contributed by atoms with Crippen molar-refractivity contribution in [1.82, 2.24) is 0 Å². The predicted molar refractivity (Wildman–Crippen MR) is 72.6 cm³/mol. The third kappa shape index (κ3) is 2.83. The summed E-state index contributed by atoms with van der Waals surface area (Å²) in [6, 6.07) is 6.22. The number of hydrogen-bond acceptors (Lipinski definition) is 1. The third-order valence-electron chi connectivity index (χ3n) is 3.91. The van der Waals surface area contributed by atoms with Gasteiger partial charge in [0.25, 0.3) is 0 Å². The topological polar surface area (TPSA) is 20.2 Å². The average Bonchev–Trinajstić information content (AvgIpc) is 2.29. The van der Waals surface area contributed by atoms with Gasteiger partial charge in [-0.15, -0.1) is 0 Å². The molecule has 1 nitrogen and oxygen atoms in total. The van der Waals surface area contributed by atoms with E-state index < -0.39 is 0 Å². The van der Waals surface area contributed by atoms with Crippen LogP contribution in [-0.4, -0.2) is 5.11 Å². The van der Waals surface area contributed by atoms with Crippen LogP contribution in [-0.2, 0) is 5.41 Å². The minimum Gasteiger partial charge on any atom is -0.508 e. The van der Waals surface area contributed by atoms with E-state index in [0.29, 0.717) is 11.7 Å². The Morgan fingerprint density at radius 1 is 1.06 bits per heavy atom. The molecule has 1 saturated carbocycles. The molecule has 0 amide bonds. The van der Waals surface area contributed by atoms with E-state index in [2.05, 4.69) is 32.9 Å². The highest BCUT2D eigenvalue weighted by Gasteiger charge is 2.21. The Kier molecular flexibility index (Phi) is 3.46. The molecule has 94 valence electrons. The first-order valence-electron chi connectivity index (χ1n) is 6.82. The molecule has 1 aliphatic rings. The van der Waals surface area contributed by atoms with Crippen molar-refractivity contribution < 1.29 is 5.11 Å². The smallest absolute Gasteiger partial charge is 0.119 e. The highest BCUT2D eigenvalue weighted by atomic mass is 16.3. The summed E-state index contributed by atoms with van der Waals surface area (Å²) in [4.78, 5) is 0. The van der Waals surface area contributed by atoms with E-state index in [9.17, 15) is 5.11 Å². The van der Waals surface area contributed by atoms with Crippen LogP contribution >= 0.6 is 0 Å². The van der Waals surface area contributed by atoms with Gasteiger partial charge in [-0.2, -0.15) is 0 Å². The van der Waals surface area contributed by atoms with Crippen molar-refractivity contribution in [1.29, 1.82) is 0 Å². The molecule has 0 atom stereocenters. The summed E-state index contributed by atoms with van der Waals surface area (Å²) in [5.74, 6) is 1.16. The van der Waals surface area contributed by atoms with Gasteiger partial charge in [-0.25, -0.2) is 0 Å². The molecule has 2 rings (SSSR count). The van der Waals surface area contributed by atoms with Crippen LogP contribution in [0.3, 0.4) is 0 Å². The number of rotatable bonds is 1. The Bertz CT molecular complexity index is 381. The van der Waals surface area contributed by atoms with Gasteiger partial charge in [0.05, 0.1) is 0 Å². The average molecular weight is 232 g/mol.